The van der Waals surface area contributed by atoms with Crippen molar-refractivity contribution in [2.75, 3.05) is 13.7 Å². The predicted octanol–water partition coefficient (Wildman–Crippen LogP) is 2.00. The van der Waals surface area contributed by atoms with Gasteiger partial charge in [0.2, 0.25) is 5.82 Å². The normalized spacial score (nSPS) is 14.6. The molecule has 1 aromatic carbocycles. The minimum atomic E-state index is -4.55. The molecule has 0 N–H and O–H groups in total. The molecule has 1 aliphatic heterocycles. The summed E-state index contributed by atoms with van der Waals surface area (Å²) in [5.41, 5.74) is 0.977. The van der Waals surface area contributed by atoms with Crippen LogP contribution in [0.15, 0.2) is 41.2 Å². The molecule has 0 unspecified atom stereocenters. The highest BCUT2D eigenvalue weighted by atomic mass is 19.4. The number of ether oxygens (including phenoxy) is 1. The molecule has 4 rings (SSSR count). The first kappa shape index (κ1) is 19.1. The molecule has 1 aliphatic rings. The van der Waals surface area contributed by atoms with E-state index in [1.165, 1.54) is 10.7 Å². The summed E-state index contributed by atoms with van der Waals surface area (Å²) in [6, 6.07) is 10.3. The topological polar surface area (TPSA) is 78.1 Å². The van der Waals surface area contributed by atoms with Gasteiger partial charge in [-0.1, -0.05) is 12.1 Å². The lowest BCUT2D eigenvalue weighted by atomic mass is 10.1. The van der Waals surface area contributed by atoms with Gasteiger partial charge in [0, 0.05) is 24.7 Å². The molecule has 0 spiro atoms. The second-order valence-corrected chi connectivity index (χ2v) is 6.54. The molecular weight excluding hydrogens is 389 g/mol. The molecule has 0 amide bonds. The Balaban J connectivity index is 1.58. The molecule has 0 bridgehead atoms. The fourth-order valence-electron chi connectivity index (χ4n) is 3.28. The summed E-state index contributed by atoms with van der Waals surface area (Å²) in [5, 5.41) is 11.3. The van der Waals surface area contributed by atoms with Crippen LogP contribution < -0.4 is 10.3 Å². The van der Waals surface area contributed by atoms with E-state index in [2.05, 4.69) is 15.3 Å². The quantitative estimate of drug-likeness (QED) is 0.660. The van der Waals surface area contributed by atoms with Crippen molar-refractivity contribution in [3.63, 3.8) is 0 Å². The third-order valence-corrected chi connectivity index (χ3v) is 4.67. The number of rotatable bonds is 4. The van der Waals surface area contributed by atoms with Crippen LogP contribution >= 0.6 is 0 Å². The summed E-state index contributed by atoms with van der Waals surface area (Å²) in [4.78, 5) is 14.1. The van der Waals surface area contributed by atoms with Crippen molar-refractivity contribution in [3.05, 3.63) is 58.4 Å². The average Bonchev–Trinajstić information content (AvgIpc) is 3.13. The van der Waals surface area contributed by atoms with E-state index in [4.69, 9.17) is 4.74 Å². The molecule has 0 fully saturated rings. The zero-order valence-corrected chi connectivity index (χ0v) is 15.4. The zero-order valence-electron chi connectivity index (χ0n) is 15.4. The highest BCUT2D eigenvalue weighted by Crippen LogP contribution is 2.30. The minimum absolute atomic E-state index is 0.0815. The van der Waals surface area contributed by atoms with Crippen molar-refractivity contribution in [2.45, 2.75) is 25.9 Å². The van der Waals surface area contributed by atoms with E-state index in [0.717, 1.165) is 10.1 Å². The van der Waals surface area contributed by atoms with Crippen molar-refractivity contribution >= 4 is 0 Å². The van der Waals surface area contributed by atoms with Gasteiger partial charge in [0.15, 0.2) is 0 Å². The van der Waals surface area contributed by atoms with Crippen LogP contribution in [-0.2, 0) is 25.9 Å². The number of alkyl halides is 3. The van der Waals surface area contributed by atoms with E-state index < -0.39 is 12.0 Å². The Labute approximate surface area is 163 Å². The number of halogens is 3. The number of nitrogens with zero attached hydrogens (tertiary/aromatic N) is 6. The monoisotopic (exact) mass is 406 g/mol. The number of hydrogen-bond acceptors (Lipinski definition) is 6. The Hall–Kier alpha value is -3.21. The molecule has 29 heavy (non-hydrogen) atoms. The van der Waals surface area contributed by atoms with Crippen LogP contribution in [0.25, 0.3) is 11.3 Å². The molecule has 0 saturated heterocycles. The van der Waals surface area contributed by atoms with Gasteiger partial charge in [-0.3, -0.25) is 9.69 Å². The lowest BCUT2D eigenvalue weighted by molar-refractivity contribution is -0.148. The van der Waals surface area contributed by atoms with E-state index in [-0.39, 0.29) is 31.1 Å². The highest BCUT2D eigenvalue weighted by molar-refractivity contribution is 5.66. The van der Waals surface area contributed by atoms with Crippen LogP contribution in [0, 0.1) is 0 Å². The third kappa shape index (κ3) is 3.73. The standard InChI is InChI=1S/C18H17F3N6O2/c1-29-14-5-3-2-4-12(14)13-6-7-16(28)27(24-13)11-25-8-9-26-15(10-25)22-23-17(26)18(19,20)21/h2-7H,8-11H2,1H3. The maximum absolute atomic E-state index is 13.0. The van der Waals surface area contributed by atoms with Crippen LogP contribution in [-0.4, -0.2) is 43.1 Å². The Kier molecular flexibility index (Phi) is 4.82. The number of methoxy groups -OCH3 is 1. The number of hydrogen-bond donors (Lipinski definition) is 0. The molecule has 0 saturated carbocycles. The maximum Gasteiger partial charge on any atom is 0.451 e. The summed E-state index contributed by atoms with van der Waals surface area (Å²) < 4.78 is 46.6. The number of aromatic nitrogens is 5. The van der Waals surface area contributed by atoms with Crippen LogP contribution in [0.2, 0.25) is 0 Å². The number of fused-ring (bicyclic) bond motifs is 1. The van der Waals surface area contributed by atoms with Crippen molar-refractivity contribution in [1.29, 1.82) is 0 Å². The second kappa shape index (κ2) is 7.32. The molecule has 0 aliphatic carbocycles. The minimum Gasteiger partial charge on any atom is -0.496 e. The van der Waals surface area contributed by atoms with Crippen molar-refractivity contribution in [3.8, 4) is 17.0 Å². The molecule has 3 heterocycles. The van der Waals surface area contributed by atoms with Crippen LogP contribution in [0.1, 0.15) is 11.6 Å². The Morgan fingerprint density at radius 3 is 2.66 bits per heavy atom. The van der Waals surface area contributed by atoms with Gasteiger partial charge in [-0.25, -0.2) is 4.68 Å². The summed E-state index contributed by atoms with van der Waals surface area (Å²) in [6.45, 7) is 0.644. The predicted molar refractivity (Wildman–Crippen MR) is 95.9 cm³/mol. The van der Waals surface area contributed by atoms with Gasteiger partial charge in [-0.2, -0.15) is 18.3 Å². The Morgan fingerprint density at radius 2 is 1.90 bits per heavy atom. The fraction of sp³-hybridized carbons (Fsp3) is 0.333. The van der Waals surface area contributed by atoms with Crippen LogP contribution in [0.3, 0.4) is 0 Å². The Bertz CT molecular complexity index is 1090. The second-order valence-electron chi connectivity index (χ2n) is 6.54. The Morgan fingerprint density at radius 1 is 1.10 bits per heavy atom. The molecule has 0 atom stereocenters. The van der Waals surface area contributed by atoms with Crippen LogP contribution in [0.5, 0.6) is 5.75 Å². The summed E-state index contributed by atoms with van der Waals surface area (Å²) in [7, 11) is 1.55. The van der Waals surface area contributed by atoms with Gasteiger partial charge in [0.05, 0.1) is 26.0 Å². The molecule has 8 nitrogen and oxygen atoms in total. The molecule has 2 aromatic heterocycles. The van der Waals surface area contributed by atoms with Gasteiger partial charge in [-0.15, -0.1) is 10.2 Å². The molecule has 3 aromatic rings. The maximum atomic E-state index is 13.0. The first-order valence-electron chi connectivity index (χ1n) is 8.80. The number of para-hydroxylation sites is 1. The number of benzene rings is 1. The van der Waals surface area contributed by atoms with E-state index in [9.17, 15) is 18.0 Å². The van der Waals surface area contributed by atoms with Crippen LogP contribution in [0.4, 0.5) is 13.2 Å². The van der Waals surface area contributed by atoms with E-state index in [1.807, 2.05) is 18.2 Å². The van der Waals surface area contributed by atoms with E-state index >= 15 is 0 Å². The molecular formula is C18H17F3N6O2. The first-order valence-corrected chi connectivity index (χ1v) is 8.80. The van der Waals surface area contributed by atoms with Gasteiger partial charge in [0.1, 0.15) is 11.6 Å². The molecule has 152 valence electrons. The average molecular weight is 406 g/mol. The van der Waals surface area contributed by atoms with Gasteiger partial charge in [-0.05, 0) is 18.2 Å². The lowest BCUT2D eigenvalue weighted by Crippen LogP contribution is -2.39. The SMILES string of the molecule is COc1ccccc1-c1ccc(=O)n(CN2CCn3c(nnc3C(F)(F)F)C2)n1. The molecule has 11 heteroatoms. The van der Waals surface area contributed by atoms with Crippen molar-refractivity contribution < 1.29 is 17.9 Å². The lowest BCUT2D eigenvalue weighted by Gasteiger charge is -2.27. The summed E-state index contributed by atoms with van der Waals surface area (Å²) >= 11 is 0. The summed E-state index contributed by atoms with van der Waals surface area (Å²) in [6.07, 6.45) is -4.55. The zero-order chi connectivity index (χ0) is 20.6. The van der Waals surface area contributed by atoms with Gasteiger partial charge in [0.25, 0.3) is 5.56 Å². The smallest absolute Gasteiger partial charge is 0.451 e. The van der Waals surface area contributed by atoms with E-state index in [0.29, 0.717) is 18.0 Å². The largest absolute Gasteiger partial charge is 0.496 e. The van der Waals surface area contributed by atoms with Crippen molar-refractivity contribution in [1.82, 2.24) is 29.4 Å². The molecule has 0 radical (unpaired) electrons. The van der Waals surface area contributed by atoms with Gasteiger partial charge < -0.3 is 9.30 Å². The fourth-order valence-corrected chi connectivity index (χ4v) is 3.28. The third-order valence-electron chi connectivity index (χ3n) is 4.67. The highest BCUT2D eigenvalue weighted by Gasteiger charge is 2.39. The van der Waals surface area contributed by atoms with Gasteiger partial charge >= 0.3 is 6.18 Å². The van der Waals surface area contributed by atoms with E-state index in [1.54, 1.807) is 24.1 Å². The van der Waals surface area contributed by atoms with Crippen molar-refractivity contribution in [2.24, 2.45) is 0 Å². The summed E-state index contributed by atoms with van der Waals surface area (Å²) in [5.74, 6) is -0.172. The first-order chi connectivity index (χ1) is 13.9.